The Labute approximate surface area is 235 Å². The summed E-state index contributed by atoms with van der Waals surface area (Å²) in [6.45, 7) is 4.51. The number of rotatable bonds is 13. The van der Waals surface area contributed by atoms with Crippen molar-refractivity contribution < 1.29 is 24.9 Å². The molecule has 0 radical (unpaired) electrons. The normalized spacial score (nSPS) is 12.8. The van der Waals surface area contributed by atoms with Crippen molar-refractivity contribution in [1.82, 2.24) is 4.57 Å². The number of aliphatic carboxylic acids is 1. The zero-order chi connectivity index (χ0) is 28.6. The van der Waals surface area contributed by atoms with Crippen LogP contribution in [0.5, 0.6) is 0 Å². The lowest BCUT2D eigenvalue weighted by molar-refractivity contribution is -0.307. The molecule has 4 aromatic rings. The molecule has 0 saturated carbocycles. The minimum atomic E-state index is -1.35. The van der Waals surface area contributed by atoms with Gasteiger partial charge in [0.2, 0.25) is 0 Å². The van der Waals surface area contributed by atoms with Gasteiger partial charge in [0.25, 0.3) is 0 Å². The van der Waals surface area contributed by atoms with E-state index in [4.69, 9.17) is 0 Å². The van der Waals surface area contributed by atoms with Crippen LogP contribution >= 0.6 is 0 Å². The summed E-state index contributed by atoms with van der Waals surface area (Å²) in [4.78, 5) is 25.0. The van der Waals surface area contributed by atoms with Crippen LogP contribution < -0.4 is 5.11 Å². The van der Waals surface area contributed by atoms with Crippen LogP contribution in [0.4, 0.5) is 0 Å². The molecule has 0 unspecified atom stereocenters. The number of nitrogens with zero attached hydrogens (tertiary/aromatic N) is 1. The van der Waals surface area contributed by atoms with Gasteiger partial charge in [-0.3, -0.25) is 4.79 Å². The minimum absolute atomic E-state index is 0.00420. The lowest BCUT2D eigenvalue weighted by Crippen LogP contribution is -2.29. The number of Topliss-reactive ketones (excluding diaryl/α,β-unsaturated/α-hetero) is 1. The van der Waals surface area contributed by atoms with Crippen molar-refractivity contribution in [3.63, 3.8) is 0 Å². The van der Waals surface area contributed by atoms with Crippen molar-refractivity contribution in [1.29, 1.82) is 0 Å². The maximum Gasteiger partial charge on any atom is 0.169 e. The summed E-state index contributed by atoms with van der Waals surface area (Å²) in [7, 11) is 0. The predicted octanol–water partition coefficient (Wildman–Crippen LogP) is 5.01. The third kappa shape index (κ3) is 6.95. The quantitative estimate of drug-likeness (QED) is 0.233. The smallest absolute Gasteiger partial charge is 0.169 e. The van der Waals surface area contributed by atoms with Gasteiger partial charge in [0, 0.05) is 42.2 Å². The van der Waals surface area contributed by atoms with Crippen LogP contribution in [-0.2, 0) is 17.8 Å². The number of benzene rings is 3. The molecule has 6 nitrogen and oxygen atoms in total. The van der Waals surface area contributed by atoms with Crippen LogP contribution in [0, 0.1) is 0 Å². The largest absolute Gasteiger partial charge is 0.550 e. The highest BCUT2D eigenvalue weighted by molar-refractivity contribution is 6.08. The van der Waals surface area contributed by atoms with Gasteiger partial charge in [0.15, 0.2) is 5.78 Å². The Hall–Kier alpha value is -4.00. The van der Waals surface area contributed by atoms with E-state index in [2.05, 4.69) is 18.4 Å². The van der Waals surface area contributed by atoms with E-state index in [-0.39, 0.29) is 31.0 Å². The first kappa shape index (κ1) is 29.0. The lowest BCUT2D eigenvalue weighted by atomic mass is 9.90. The Morgan fingerprint density at radius 2 is 1.35 bits per heavy atom. The van der Waals surface area contributed by atoms with Crippen molar-refractivity contribution in [2.45, 2.75) is 64.2 Å². The summed E-state index contributed by atoms with van der Waals surface area (Å²) in [5.74, 6) is -1.34. The SMILES string of the molecule is CC(C)c1c(C(=O)Cc2ccccc2)c(-c2ccccc2)c(-c2ccccc2)n1CC[C@@H](O)C[C@@H](O)CC(=O)[O-]. The summed E-state index contributed by atoms with van der Waals surface area (Å²) < 4.78 is 2.13. The van der Waals surface area contributed by atoms with Crippen molar-refractivity contribution in [3.8, 4) is 22.4 Å². The number of aromatic nitrogens is 1. The van der Waals surface area contributed by atoms with E-state index in [1.54, 1.807) is 0 Å². The van der Waals surface area contributed by atoms with Gasteiger partial charge in [-0.25, -0.2) is 0 Å². The highest BCUT2D eigenvalue weighted by Crippen LogP contribution is 2.42. The Kier molecular flexibility index (Phi) is 9.70. The molecule has 0 bridgehead atoms. The molecule has 1 aromatic heterocycles. The average molecular weight is 539 g/mol. The van der Waals surface area contributed by atoms with Crippen LogP contribution in [-0.4, -0.2) is 38.7 Å². The molecule has 0 aliphatic carbocycles. The van der Waals surface area contributed by atoms with Gasteiger partial charge in [0.1, 0.15) is 0 Å². The minimum Gasteiger partial charge on any atom is -0.550 e. The molecule has 2 atom stereocenters. The molecule has 6 heteroatoms. The number of aliphatic hydroxyl groups excluding tert-OH is 2. The summed E-state index contributed by atoms with van der Waals surface area (Å²) in [6.07, 6.45) is -2.17. The third-order valence-corrected chi connectivity index (χ3v) is 7.08. The highest BCUT2D eigenvalue weighted by atomic mass is 16.4. The van der Waals surface area contributed by atoms with E-state index in [0.29, 0.717) is 12.1 Å². The topological polar surface area (TPSA) is 103 Å². The number of aliphatic hydroxyl groups is 2. The molecule has 208 valence electrons. The maximum absolute atomic E-state index is 14.2. The second kappa shape index (κ2) is 13.4. The van der Waals surface area contributed by atoms with Crippen molar-refractivity contribution in [2.75, 3.05) is 0 Å². The van der Waals surface area contributed by atoms with Crippen molar-refractivity contribution >= 4 is 11.8 Å². The Balaban J connectivity index is 1.87. The third-order valence-electron chi connectivity index (χ3n) is 7.08. The molecule has 0 spiro atoms. The number of carboxylic acids is 1. The fourth-order valence-corrected chi connectivity index (χ4v) is 5.39. The van der Waals surface area contributed by atoms with Gasteiger partial charge in [0.05, 0.1) is 17.9 Å². The average Bonchev–Trinajstić information content (AvgIpc) is 3.28. The van der Waals surface area contributed by atoms with E-state index < -0.39 is 24.6 Å². The highest BCUT2D eigenvalue weighted by Gasteiger charge is 2.30. The van der Waals surface area contributed by atoms with Crippen LogP contribution in [0.3, 0.4) is 0 Å². The van der Waals surface area contributed by atoms with Crippen LogP contribution in [0.25, 0.3) is 22.4 Å². The van der Waals surface area contributed by atoms with E-state index in [0.717, 1.165) is 33.6 Å². The number of carbonyl (C=O) groups is 2. The Morgan fingerprint density at radius 3 is 1.90 bits per heavy atom. The summed E-state index contributed by atoms with van der Waals surface area (Å²) in [5.41, 5.74) is 6.15. The van der Waals surface area contributed by atoms with Gasteiger partial charge in [-0.15, -0.1) is 0 Å². The maximum atomic E-state index is 14.2. The molecule has 0 saturated heterocycles. The van der Waals surface area contributed by atoms with Crippen LogP contribution in [0.1, 0.15) is 60.6 Å². The molecule has 0 amide bonds. The number of carboxylic acid groups (broad SMARTS) is 1. The van der Waals surface area contributed by atoms with E-state index in [1.807, 2.05) is 91.0 Å². The zero-order valence-corrected chi connectivity index (χ0v) is 23.0. The molecule has 3 aromatic carbocycles. The first-order valence-electron chi connectivity index (χ1n) is 13.8. The summed E-state index contributed by atoms with van der Waals surface area (Å²) in [5, 5.41) is 31.6. The standard InChI is InChI=1S/C34H37NO5/c1-23(2)33-32(29(38)20-24-12-6-3-7-13-24)31(25-14-8-4-9-15-25)34(26-16-10-5-11-17-26)35(33)19-18-27(36)21-28(37)22-30(39)40/h3-17,23,27-28,36-37H,18-22H2,1-2H3,(H,39,40)/p-1/t27-,28-/m1/s1. The van der Waals surface area contributed by atoms with Crippen LogP contribution in [0.2, 0.25) is 0 Å². The molecular formula is C34H36NO5-. The van der Waals surface area contributed by atoms with Gasteiger partial charge in [-0.1, -0.05) is 105 Å². The van der Waals surface area contributed by atoms with Gasteiger partial charge >= 0.3 is 0 Å². The molecule has 0 fully saturated rings. The summed E-state index contributed by atoms with van der Waals surface area (Å²) in [6, 6.07) is 29.5. The number of ketones is 1. The fraction of sp³-hybridized carbons (Fsp3) is 0.294. The number of hydrogen-bond acceptors (Lipinski definition) is 5. The molecule has 0 aliphatic heterocycles. The second-order valence-corrected chi connectivity index (χ2v) is 10.5. The second-order valence-electron chi connectivity index (χ2n) is 10.5. The number of carbonyl (C=O) groups excluding carboxylic acids is 2. The molecule has 2 N–H and O–H groups in total. The van der Waals surface area contributed by atoms with Gasteiger partial charge < -0.3 is 24.7 Å². The van der Waals surface area contributed by atoms with Crippen LogP contribution in [0.15, 0.2) is 91.0 Å². The molecule has 0 aliphatic rings. The first-order chi connectivity index (χ1) is 19.3. The van der Waals surface area contributed by atoms with E-state index in [1.165, 1.54) is 0 Å². The Morgan fingerprint density at radius 1 is 0.800 bits per heavy atom. The first-order valence-corrected chi connectivity index (χ1v) is 13.8. The summed E-state index contributed by atoms with van der Waals surface area (Å²) >= 11 is 0. The molecule has 1 heterocycles. The molecule has 4 rings (SSSR count). The molecular weight excluding hydrogens is 502 g/mol. The van der Waals surface area contributed by atoms with Crippen molar-refractivity contribution in [2.24, 2.45) is 0 Å². The van der Waals surface area contributed by atoms with Crippen molar-refractivity contribution in [3.05, 3.63) is 108 Å². The predicted molar refractivity (Wildman–Crippen MR) is 155 cm³/mol. The molecule has 40 heavy (non-hydrogen) atoms. The Bertz CT molecular complexity index is 1410. The van der Waals surface area contributed by atoms with Gasteiger partial charge in [-0.2, -0.15) is 0 Å². The number of hydrogen-bond donors (Lipinski definition) is 2. The lowest BCUT2D eigenvalue weighted by Gasteiger charge is -2.20. The zero-order valence-electron chi connectivity index (χ0n) is 23.0. The fourth-order valence-electron chi connectivity index (χ4n) is 5.39. The van der Waals surface area contributed by atoms with E-state index in [9.17, 15) is 24.9 Å². The van der Waals surface area contributed by atoms with E-state index >= 15 is 0 Å². The monoisotopic (exact) mass is 538 g/mol. The van der Waals surface area contributed by atoms with Gasteiger partial charge in [-0.05, 0) is 35.4 Å².